The van der Waals surface area contributed by atoms with Gasteiger partial charge >= 0.3 is 0 Å². The summed E-state index contributed by atoms with van der Waals surface area (Å²) in [5, 5.41) is 3.51. The second kappa shape index (κ2) is 8.83. The van der Waals surface area contributed by atoms with Crippen LogP contribution in [0.1, 0.15) is 19.4 Å². The van der Waals surface area contributed by atoms with E-state index in [1.54, 1.807) is 30.3 Å². The fourth-order valence-electron chi connectivity index (χ4n) is 2.64. The number of benzene rings is 2. The van der Waals surface area contributed by atoms with Crippen molar-refractivity contribution in [2.75, 3.05) is 19.0 Å². The van der Waals surface area contributed by atoms with E-state index in [0.29, 0.717) is 17.3 Å². The Labute approximate surface area is 152 Å². The van der Waals surface area contributed by atoms with E-state index in [1.807, 2.05) is 19.9 Å². The molecule has 0 saturated heterocycles. The molecule has 0 radical (unpaired) electrons. The van der Waals surface area contributed by atoms with Crippen LogP contribution in [0.4, 0.5) is 10.1 Å². The predicted molar refractivity (Wildman–Crippen MR) is 97.7 cm³/mol. The van der Waals surface area contributed by atoms with Crippen LogP contribution in [-0.2, 0) is 11.3 Å². The Morgan fingerprint density at radius 2 is 1.96 bits per heavy atom. The smallest absolute Gasteiger partial charge is 0.282 e. The van der Waals surface area contributed by atoms with Crippen LogP contribution in [0.2, 0.25) is 5.02 Å². The largest absolute Gasteiger partial charge is 0.494 e. The summed E-state index contributed by atoms with van der Waals surface area (Å²) in [6, 6.07) is 11.6. The molecule has 0 fully saturated rings. The quantitative estimate of drug-likeness (QED) is 0.792. The Balaban J connectivity index is 2.04. The fourth-order valence-corrected chi connectivity index (χ4v) is 2.76. The molecule has 1 amide bonds. The highest BCUT2D eigenvalue weighted by atomic mass is 35.5. The maximum Gasteiger partial charge on any atom is 0.282 e. The van der Waals surface area contributed by atoms with E-state index in [2.05, 4.69) is 5.32 Å². The highest BCUT2D eigenvalue weighted by molar-refractivity contribution is 6.30. The molecule has 4 nitrogen and oxygen atoms in total. The van der Waals surface area contributed by atoms with E-state index in [0.717, 1.165) is 17.0 Å². The first-order valence-electron chi connectivity index (χ1n) is 8.18. The van der Waals surface area contributed by atoms with Crippen molar-refractivity contribution < 1.29 is 18.8 Å². The lowest BCUT2D eigenvalue weighted by Crippen LogP contribution is -3.15. The topological polar surface area (TPSA) is 42.8 Å². The summed E-state index contributed by atoms with van der Waals surface area (Å²) in [4.78, 5) is 13.5. The molecule has 2 atom stereocenters. The van der Waals surface area contributed by atoms with Crippen LogP contribution in [0.5, 0.6) is 5.75 Å². The molecule has 2 aromatic rings. The van der Waals surface area contributed by atoms with Crippen molar-refractivity contribution in [2.24, 2.45) is 0 Å². The Bertz CT molecular complexity index is 722. The number of methoxy groups -OCH3 is 1. The zero-order valence-electron chi connectivity index (χ0n) is 14.6. The predicted octanol–water partition coefficient (Wildman–Crippen LogP) is 2.92. The van der Waals surface area contributed by atoms with Gasteiger partial charge in [-0.15, -0.1) is 0 Å². The summed E-state index contributed by atoms with van der Waals surface area (Å²) in [6.45, 7) is 5.15. The van der Waals surface area contributed by atoms with Gasteiger partial charge in [0, 0.05) is 16.3 Å². The van der Waals surface area contributed by atoms with Crippen molar-refractivity contribution in [3.8, 4) is 5.75 Å². The molecular weight excluding hydrogens is 343 g/mol. The van der Waals surface area contributed by atoms with Gasteiger partial charge < -0.3 is 15.0 Å². The molecule has 2 N–H and O–H groups in total. The average Bonchev–Trinajstić information content (AvgIpc) is 2.61. The van der Waals surface area contributed by atoms with Crippen LogP contribution in [0.25, 0.3) is 0 Å². The molecule has 0 bridgehead atoms. The van der Waals surface area contributed by atoms with E-state index < -0.39 is 5.82 Å². The summed E-state index contributed by atoms with van der Waals surface area (Å²) in [5.41, 5.74) is 1.52. The van der Waals surface area contributed by atoms with Gasteiger partial charge in [-0.25, -0.2) is 4.39 Å². The van der Waals surface area contributed by atoms with Crippen LogP contribution in [0, 0.1) is 5.82 Å². The minimum absolute atomic E-state index is 0.0897. The lowest BCUT2D eigenvalue weighted by atomic mass is 10.1. The number of rotatable bonds is 7. The third-order valence-corrected chi connectivity index (χ3v) is 4.47. The molecule has 0 aliphatic rings. The molecule has 0 aromatic heterocycles. The van der Waals surface area contributed by atoms with Crippen LogP contribution < -0.4 is 15.0 Å². The number of amides is 1. The van der Waals surface area contributed by atoms with Crippen molar-refractivity contribution >= 4 is 23.2 Å². The van der Waals surface area contributed by atoms with Gasteiger partial charge in [-0.3, -0.25) is 4.79 Å². The minimum atomic E-state index is -0.395. The normalized spacial score (nSPS) is 13.2. The highest BCUT2D eigenvalue weighted by Crippen LogP contribution is 2.17. The monoisotopic (exact) mass is 365 g/mol. The number of carbonyl (C=O) groups is 1. The molecular formula is C19H23ClFN2O2+. The Morgan fingerprint density at radius 3 is 2.52 bits per heavy atom. The third-order valence-electron chi connectivity index (χ3n) is 4.22. The summed E-state index contributed by atoms with van der Waals surface area (Å²) in [7, 11) is 1.44. The number of hydrogen-bond donors (Lipinski definition) is 2. The molecule has 0 heterocycles. The number of nitrogens with one attached hydrogen (secondary N) is 2. The van der Waals surface area contributed by atoms with E-state index in [-0.39, 0.29) is 17.7 Å². The van der Waals surface area contributed by atoms with Gasteiger partial charge in [-0.1, -0.05) is 11.6 Å². The number of halogens is 2. The number of quaternary nitrogens is 1. The summed E-state index contributed by atoms with van der Waals surface area (Å²) in [6.07, 6.45) is 0. The Kier molecular flexibility index (Phi) is 6.79. The van der Waals surface area contributed by atoms with Crippen LogP contribution in [0.3, 0.4) is 0 Å². The molecule has 25 heavy (non-hydrogen) atoms. The van der Waals surface area contributed by atoms with Gasteiger partial charge in [-0.2, -0.15) is 0 Å². The molecule has 134 valence electrons. The maximum absolute atomic E-state index is 13.9. The molecule has 0 aliphatic heterocycles. The molecule has 2 aromatic carbocycles. The third kappa shape index (κ3) is 5.18. The lowest BCUT2D eigenvalue weighted by Gasteiger charge is -2.24. The van der Waals surface area contributed by atoms with Crippen molar-refractivity contribution in [3.63, 3.8) is 0 Å². The standard InChI is InChI=1S/C19H22ClFN2O2/c1-4-23(12-14-5-10-18(25-3)17(21)11-14)13(2)19(24)22-16-8-6-15(20)7-9-16/h5-11,13H,4,12H2,1-3H3,(H,22,24)/p+1/t13-/m1/s1. The number of hydrogen-bond acceptors (Lipinski definition) is 2. The molecule has 0 aliphatic carbocycles. The second-order valence-electron chi connectivity index (χ2n) is 5.88. The maximum atomic E-state index is 13.9. The van der Waals surface area contributed by atoms with E-state index >= 15 is 0 Å². The van der Waals surface area contributed by atoms with Gasteiger partial charge in [0.1, 0.15) is 6.54 Å². The Hall–Kier alpha value is -2.11. The average molecular weight is 366 g/mol. The summed E-state index contributed by atoms with van der Waals surface area (Å²) in [5.74, 6) is -0.266. The van der Waals surface area contributed by atoms with Gasteiger partial charge in [0.2, 0.25) is 0 Å². The number of anilines is 1. The summed E-state index contributed by atoms with van der Waals surface area (Å²) < 4.78 is 18.8. The molecule has 6 heteroatoms. The van der Waals surface area contributed by atoms with Crippen LogP contribution >= 0.6 is 11.6 Å². The highest BCUT2D eigenvalue weighted by Gasteiger charge is 2.24. The summed E-state index contributed by atoms with van der Waals surface area (Å²) >= 11 is 5.85. The zero-order valence-corrected chi connectivity index (χ0v) is 15.4. The van der Waals surface area contributed by atoms with Gasteiger partial charge in [0.25, 0.3) is 5.91 Å². The van der Waals surface area contributed by atoms with Gasteiger partial charge in [-0.05, 0) is 56.3 Å². The molecule has 1 unspecified atom stereocenters. The van der Waals surface area contributed by atoms with Gasteiger partial charge in [0.05, 0.1) is 13.7 Å². The number of carbonyl (C=O) groups excluding carboxylic acids is 1. The number of ether oxygens (including phenoxy) is 1. The van der Waals surface area contributed by atoms with Gasteiger partial charge in [0.15, 0.2) is 17.6 Å². The minimum Gasteiger partial charge on any atom is -0.494 e. The Morgan fingerprint density at radius 1 is 1.28 bits per heavy atom. The van der Waals surface area contributed by atoms with Crippen LogP contribution in [0.15, 0.2) is 42.5 Å². The van der Waals surface area contributed by atoms with E-state index in [9.17, 15) is 9.18 Å². The van der Waals surface area contributed by atoms with Crippen molar-refractivity contribution in [1.29, 1.82) is 0 Å². The second-order valence-corrected chi connectivity index (χ2v) is 6.31. The van der Waals surface area contributed by atoms with Crippen molar-refractivity contribution in [2.45, 2.75) is 26.4 Å². The first kappa shape index (κ1) is 19.2. The van der Waals surface area contributed by atoms with Crippen molar-refractivity contribution in [1.82, 2.24) is 0 Å². The van der Waals surface area contributed by atoms with Crippen molar-refractivity contribution in [3.05, 3.63) is 58.9 Å². The number of likely N-dealkylation sites (N-methyl/N-ethyl adjacent to an activating group) is 1. The molecule has 0 spiro atoms. The van der Waals surface area contributed by atoms with E-state index in [1.165, 1.54) is 13.2 Å². The lowest BCUT2D eigenvalue weighted by molar-refractivity contribution is -0.925. The fraction of sp³-hybridized carbons (Fsp3) is 0.316. The van der Waals surface area contributed by atoms with Crippen LogP contribution in [-0.4, -0.2) is 25.6 Å². The van der Waals surface area contributed by atoms with E-state index in [4.69, 9.17) is 16.3 Å². The molecule has 0 saturated carbocycles. The zero-order chi connectivity index (χ0) is 18.4. The first-order chi connectivity index (χ1) is 11.9. The SMILES string of the molecule is CC[NH+](Cc1ccc(OC)c(F)c1)[C@H](C)C(=O)Nc1ccc(Cl)cc1. The first-order valence-corrected chi connectivity index (χ1v) is 8.55. The molecule has 2 rings (SSSR count).